The zero-order chi connectivity index (χ0) is 19.8. The third-order valence-electron chi connectivity index (χ3n) is 5.76. The molecule has 0 aliphatic rings. The molecule has 0 fully saturated rings. The Labute approximate surface area is 216 Å². The average molecular weight is 492 g/mol. The van der Waals surface area contributed by atoms with Crippen molar-refractivity contribution in [2.75, 3.05) is 0 Å². The number of aryl methyl sites for hydroxylation is 2. The van der Waals surface area contributed by atoms with Gasteiger partial charge in [0.1, 0.15) is 0 Å². The number of nitrogens with zero attached hydrogens (tertiary/aromatic N) is 1. The predicted molar refractivity (Wildman–Crippen MR) is 125 cm³/mol. The SMILES string of the molecule is Cc1ccc[c-]1C.[Cl-].[Cl-].[Ti+4].c1ccc2[cH-]c(-n3c4ccccc4c4ccccc43)cc2c1. The van der Waals surface area contributed by atoms with E-state index in [0.717, 1.165) is 0 Å². The normalized spacial score (nSPS) is 10.1. The summed E-state index contributed by atoms with van der Waals surface area (Å²) in [6.07, 6.45) is 0. The average Bonchev–Trinajstić information content (AvgIpc) is 3.43. The van der Waals surface area contributed by atoms with Crippen LogP contribution in [0.1, 0.15) is 11.1 Å². The Kier molecular flexibility index (Phi) is 8.95. The fraction of sp³-hybridized carbons (Fsp3) is 0.0714. The number of hydrogen-bond acceptors (Lipinski definition) is 0. The summed E-state index contributed by atoms with van der Waals surface area (Å²) < 4.78 is 2.37. The van der Waals surface area contributed by atoms with E-state index in [1.165, 1.54) is 49.4 Å². The molecule has 1 nitrogen and oxygen atoms in total. The summed E-state index contributed by atoms with van der Waals surface area (Å²) in [7, 11) is 0. The number of fused-ring (bicyclic) bond motifs is 4. The maximum absolute atomic E-state index is 2.37. The maximum atomic E-state index is 2.37. The number of aromatic nitrogens is 1. The van der Waals surface area contributed by atoms with Gasteiger partial charge >= 0.3 is 21.7 Å². The Morgan fingerprint density at radius 2 is 1.28 bits per heavy atom. The summed E-state index contributed by atoms with van der Waals surface area (Å²) in [6, 6.07) is 36.7. The largest absolute Gasteiger partial charge is 4.00 e. The smallest absolute Gasteiger partial charge is 1.00 e. The standard InChI is InChI=1S/C21H14N.C7H9.2ClH.Ti/c1-2-8-16-14-17(13-15(16)7-1)22-20-11-5-3-9-18(20)19-10-4-6-12-21(19)22;1-6-4-3-5-7(6)2;;;/h1-14H;3-5H,1-2H3;2*1H;/q2*-1;;;+4/p-2. The molecule has 158 valence electrons. The molecular weight excluding hydrogens is 469 g/mol. The van der Waals surface area contributed by atoms with Gasteiger partial charge in [-0.2, -0.15) is 17.2 Å². The monoisotopic (exact) mass is 491 g/mol. The van der Waals surface area contributed by atoms with E-state index in [1.807, 2.05) is 0 Å². The minimum atomic E-state index is 0. The molecule has 6 rings (SSSR count). The van der Waals surface area contributed by atoms with E-state index in [1.54, 1.807) is 0 Å². The van der Waals surface area contributed by atoms with Crippen LogP contribution in [0.5, 0.6) is 0 Å². The van der Waals surface area contributed by atoms with Crippen molar-refractivity contribution in [3.8, 4) is 5.69 Å². The van der Waals surface area contributed by atoms with Crippen molar-refractivity contribution in [2.45, 2.75) is 13.8 Å². The Hall–Kier alpha value is -2.29. The van der Waals surface area contributed by atoms with Gasteiger partial charge in [-0.25, -0.2) is 12.1 Å². The van der Waals surface area contributed by atoms with Gasteiger partial charge < -0.3 is 29.4 Å². The molecule has 0 bridgehead atoms. The molecule has 6 aromatic rings. The molecule has 0 saturated carbocycles. The van der Waals surface area contributed by atoms with E-state index >= 15 is 0 Å². The molecule has 0 amide bonds. The van der Waals surface area contributed by atoms with E-state index in [4.69, 9.17) is 0 Å². The molecule has 5 aromatic carbocycles. The minimum Gasteiger partial charge on any atom is -1.00 e. The Bertz CT molecular complexity index is 1340. The molecule has 0 radical (unpaired) electrons. The summed E-state index contributed by atoms with van der Waals surface area (Å²) >= 11 is 0. The van der Waals surface area contributed by atoms with Gasteiger partial charge in [-0.3, -0.25) is 0 Å². The number of rotatable bonds is 1. The van der Waals surface area contributed by atoms with Gasteiger partial charge in [-0.05, 0) is 17.8 Å². The molecule has 32 heavy (non-hydrogen) atoms. The Balaban J connectivity index is 0.000000317. The van der Waals surface area contributed by atoms with Crippen molar-refractivity contribution >= 4 is 32.6 Å². The van der Waals surface area contributed by atoms with Gasteiger partial charge in [0.25, 0.3) is 0 Å². The first-order valence-electron chi connectivity index (χ1n) is 10.1. The third-order valence-corrected chi connectivity index (χ3v) is 5.76. The summed E-state index contributed by atoms with van der Waals surface area (Å²) in [5.41, 5.74) is 6.54. The van der Waals surface area contributed by atoms with Crippen LogP contribution in [0.25, 0.3) is 38.3 Å². The van der Waals surface area contributed by atoms with Crippen molar-refractivity contribution in [2.24, 2.45) is 0 Å². The molecule has 1 heterocycles. The second-order valence-corrected chi connectivity index (χ2v) is 7.60. The summed E-state index contributed by atoms with van der Waals surface area (Å²) in [6.45, 7) is 4.24. The molecule has 4 heteroatoms. The van der Waals surface area contributed by atoms with E-state index in [9.17, 15) is 0 Å². The predicted octanol–water partition coefficient (Wildman–Crippen LogP) is 1.68. The van der Waals surface area contributed by atoms with Crippen LogP contribution < -0.4 is 24.8 Å². The molecular formula is C28H23Cl2NTi. The van der Waals surface area contributed by atoms with Gasteiger partial charge in [-0.1, -0.05) is 56.3 Å². The molecule has 0 aliphatic heterocycles. The van der Waals surface area contributed by atoms with Gasteiger partial charge in [0.15, 0.2) is 0 Å². The van der Waals surface area contributed by atoms with Crippen molar-refractivity contribution in [3.05, 3.63) is 114 Å². The quantitative estimate of drug-likeness (QED) is 0.243. The summed E-state index contributed by atoms with van der Waals surface area (Å²) in [4.78, 5) is 0. The van der Waals surface area contributed by atoms with Crippen molar-refractivity contribution in [1.82, 2.24) is 4.57 Å². The first kappa shape index (κ1) is 26.0. The topological polar surface area (TPSA) is 4.93 Å². The second-order valence-electron chi connectivity index (χ2n) is 7.60. The Morgan fingerprint density at radius 3 is 1.78 bits per heavy atom. The van der Waals surface area contributed by atoms with E-state index in [2.05, 4.69) is 122 Å². The third kappa shape index (κ3) is 4.72. The number of hydrogen-bond donors (Lipinski definition) is 0. The van der Waals surface area contributed by atoms with Crippen LogP contribution in [0.3, 0.4) is 0 Å². The van der Waals surface area contributed by atoms with Gasteiger partial charge in [0.2, 0.25) is 0 Å². The van der Waals surface area contributed by atoms with Gasteiger partial charge in [0, 0.05) is 10.8 Å². The molecule has 0 N–H and O–H groups in total. The Morgan fingerprint density at radius 1 is 0.719 bits per heavy atom. The first-order chi connectivity index (χ1) is 14.2. The first-order valence-corrected chi connectivity index (χ1v) is 10.1. The minimum absolute atomic E-state index is 0. The van der Waals surface area contributed by atoms with Crippen LogP contribution in [0.4, 0.5) is 0 Å². The molecule has 0 unspecified atom stereocenters. The van der Waals surface area contributed by atoms with Crippen LogP contribution in [0.15, 0.2) is 103 Å². The van der Waals surface area contributed by atoms with Crippen LogP contribution in [-0.2, 0) is 21.7 Å². The number of halogens is 2. The summed E-state index contributed by atoms with van der Waals surface area (Å²) in [5, 5.41) is 5.20. The number of benzene rings is 3. The van der Waals surface area contributed by atoms with Gasteiger partial charge in [0.05, 0.1) is 11.0 Å². The zero-order valence-electron chi connectivity index (χ0n) is 18.0. The van der Waals surface area contributed by atoms with E-state index in [0.29, 0.717) is 0 Å². The van der Waals surface area contributed by atoms with E-state index < -0.39 is 0 Å². The van der Waals surface area contributed by atoms with Crippen LogP contribution in [0, 0.1) is 13.8 Å². The molecule has 1 aromatic heterocycles. The fourth-order valence-electron chi connectivity index (χ4n) is 4.06. The second kappa shape index (κ2) is 11.0. The molecule has 0 spiro atoms. The van der Waals surface area contributed by atoms with E-state index in [-0.39, 0.29) is 46.5 Å². The van der Waals surface area contributed by atoms with Crippen LogP contribution in [-0.4, -0.2) is 4.57 Å². The van der Waals surface area contributed by atoms with Crippen molar-refractivity contribution < 1.29 is 46.5 Å². The molecule has 0 saturated heterocycles. The molecule has 0 atom stereocenters. The number of para-hydroxylation sites is 2. The van der Waals surface area contributed by atoms with Crippen molar-refractivity contribution in [3.63, 3.8) is 0 Å². The maximum Gasteiger partial charge on any atom is 4.00 e. The fourth-order valence-corrected chi connectivity index (χ4v) is 4.06. The van der Waals surface area contributed by atoms with Crippen LogP contribution in [0.2, 0.25) is 0 Å². The zero-order valence-corrected chi connectivity index (χ0v) is 21.1. The van der Waals surface area contributed by atoms with Crippen LogP contribution >= 0.6 is 0 Å². The van der Waals surface area contributed by atoms with Gasteiger partial charge in [-0.15, -0.1) is 41.1 Å². The summed E-state index contributed by atoms with van der Waals surface area (Å²) in [5.74, 6) is 0. The van der Waals surface area contributed by atoms with Crippen molar-refractivity contribution in [1.29, 1.82) is 0 Å². The molecule has 0 aliphatic carbocycles.